The van der Waals surface area contributed by atoms with Gasteiger partial charge in [-0.1, -0.05) is 11.6 Å². The molecule has 1 aliphatic heterocycles. The number of hydrogen-bond acceptors (Lipinski definition) is 4. The number of halogens is 1. The van der Waals surface area contributed by atoms with Gasteiger partial charge in [-0.3, -0.25) is 14.5 Å². The molecule has 1 aliphatic rings. The lowest BCUT2D eigenvalue weighted by Crippen LogP contribution is -2.47. The molecule has 1 atom stereocenters. The van der Waals surface area contributed by atoms with E-state index in [1.807, 2.05) is 18.7 Å². The third-order valence-electron chi connectivity index (χ3n) is 4.54. The van der Waals surface area contributed by atoms with Crippen LogP contribution in [0.5, 0.6) is 5.75 Å². The van der Waals surface area contributed by atoms with Gasteiger partial charge in [-0.25, -0.2) is 0 Å². The summed E-state index contributed by atoms with van der Waals surface area (Å²) in [6, 6.07) is 3.11. The van der Waals surface area contributed by atoms with Crippen LogP contribution in [-0.2, 0) is 9.59 Å². The number of hydrogen-bond donors (Lipinski definition) is 2. The maximum absolute atomic E-state index is 12.5. The molecule has 24 heavy (non-hydrogen) atoms. The lowest BCUT2D eigenvalue weighted by atomic mass is 9.96. The van der Waals surface area contributed by atoms with Crippen LogP contribution in [0.15, 0.2) is 12.1 Å². The molecule has 1 heterocycles. The van der Waals surface area contributed by atoms with Gasteiger partial charge in [-0.2, -0.15) is 0 Å². The van der Waals surface area contributed by atoms with Crippen molar-refractivity contribution in [3.05, 3.63) is 22.7 Å². The normalized spacial score (nSPS) is 17.3. The highest BCUT2D eigenvalue weighted by molar-refractivity contribution is 6.31. The Morgan fingerprint density at radius 3 is 2.54 bits per heavy atom. The van der Waals surface area contributed by atoms with Crippen molar-refractivity contribution in [3.63, 3.8) is 0 Å². The number of carboxylic acids is 1. The van der Waals surface area contributed by atoms with Crippen molar-refractivity contribution in [2.45, 2.75) is 32.7 Å². The van der Waals surface area contributed by atoms with Crippen molar-refractivity contribution < 1.29 is 19.4 Å². The first kappa shape index (κ1) is 18.5. The number of nitrogens with zero attached hydrogens (tertiary/aromatic N) is 1. The number of piperidine rings is 1. The molecule has 2 rings (SSSR count). The van der Waals surface area contributed by atoms with Gasteiger partial charge in [0.2, 0.25) is 5.91 Å². The highest BCUT2D eigenvalue weighted by Gasteiger charge is 2.29. The van der Waals surface area contributed by atoms with Gasteiger partial charge in [0.1, 0.15) is 5.75 Å². The van der Waals surface area contributed by atoms with Crippen molar-refractivity contribution in [1.82, 2.24) is 4.90 Å². The van der Waals surface area contributed by atoms with Crippen LogP contribution < -0.4 is 10.1 Å². The molecule has 1 aromatic rings. The first-order chi connectivity index (χ1) is 11.3. The van der Waals surface area contributed by atoms with E-state index < -0.39 is 5.97 Å². The summed E-state index contributed by atoms with van der Waals surface area (Å²) in [5.41, 5.74) is 1.43. The van der Waals surface area contributed by atoms with Gasteiger partial charge in [0.25, 0.3) is 0 Å². The largest absolute Gasteiger partial charge is 0.495 e. The van der Waals surface area contributed by atoms with E-state index in [2.05, 4.69) is 5.32 Å². The standard InChI is InChI=1S/C17H23ClN2O4/c1-10-8-14(15(24-3)9-13(10)18)19-16(21)11(2)20-6-4-12(5-7-20)17(22)23/h8-9,11-12H,4-7H2,1-3H3,(H,19,21)(H,22,23). The van der Waals surface area contributed by atoms with Crippen LogP contribution in [0.4, 0.5) is 5.69 Å². The third kappa shape index (κ3) is 4.19. The minimum absolute atomic E-state index is 0.149. The number of rotatable bonds is 5. The van der Waals surface area contributed by atoms with E-state index in [9.17, 15) is 9.59 Å². The summed E-state index contributed by atoms with van der Waals surface area (Å²) in [7, 11) is 1.52. The number of anilines is 1. The Labute approximate surface area is 146 Å². The molecule has 0 bridgehead atoms. The molecule has 1 unspecified atom stereocenters. The number of aryl methyl sites for hydroxylation is 1. The van der Waals surface area contributed by atoms with E-state index in [1.165, 1.54) is 7.11 Å². The highest BCUT2D eigenvalue weighted by atomic mass is 35.5. The number of methoxy groups -OCH3 is 1. The van der Waals surface area contributed by atoms with Gasteiger partial charge in [0.15, 0.2) is 0 Å². The highest BCUT2D eigenvalue weighted by Crippen LogP contribution is 2.31. The molecule has 1 fully saturated rings. The molecule has 1 saturated heterocycles. The van der Waals surface area contributed by atoms with Crippen LogP contribution in [0.25, 0.3) is 0 Å². The molecule has 1 amide bonds. The fraction of sp³-hybridized carbons (Fsp3) is 0.529. The number of carboxylic acid groups (broad SMARTS) is 1. The maximum atomic E-state index is 12.5. The molecule has 1 aromatic carbocycles. The van der Waals surface area contributed by atoms with Crippen molar-refractivity contribution in [1.29, 1.82) is 0 Å². The first-order valence-corrected chi connectivity index (χ1v) is 8.33. The fourth-order valence-corrected chi connectivity index (χ4v) is 3.02. The molecule has 6 nitrogen and oxygen atoms in total. The van der Waals surface area contributed by atoms with Crippen LogP contribution in [-0.4, -0.2) is 48.1 Å². The minimum atomic E-state index is -0.756. The Bertz CT molecular complexity index is 627. The van der Waals surface area contributed by atoms with Crippen LogP contribution in [0.3, 0.4) is 0 Å². The summed E-state index contributed by atoms with van der Waals surface area (Å²) in [6.45, 7) is 4.88. The number of ether oxygens (including phenoxy) is 1. The predicted octanol–water partition coefficient (Wildman–Crippen LogP) is 2.78. The quantitative estimate of drug-likeness (QED) is 0.850. The van der Waals surface area contributed by atoms with Gasteiger partial charge in [0, 0.05) is 11.1 Å². The summed E-state index contributed by atoms with van der Waals surface area (Å²) in [6.07, 6.45) is 1.13. The first-order valence-electron chi connectivity index (χ1n) is 7.95. The Kier molecular flexibility index (Phi) is 6.07. The molecular weight excluding hydrogens is 332 g/mol. The molecule has 0 saturated carbocycles. The second-order valence-electron chi connectivity index (χ2n) is 6.12. The maximum Gasteiger partial charge on any atom is 0.306 e. The number of carbonyl (C=O) groups excluding carboxylic acids is 1. The molecule has 0 radical (unpaired) electrons. The summed E-state index contributed by atoms with van der Waals surface area (Å²) in [5.74, 6) is -0.705. The van der Waals surface area contributed by atoms with E-state index in [4.69, 9.17) is 21.4 Å². The monoisotopic (exact) mass is 354 g/mol. The summed E-state index contributed by atoms with van der Waals surface area (Å²) < 4.78 is 5.27. The summed E-state index contributed by atoms with van der Waals surface area (Å²) in [5, 5.41) is 12.5. The molecular formula is C17H23ClN2O4. The number of likely N-dealkylation sites (tertiary alicyclic amines) is 1. The fourth-order valence-electron chi connectivity index (χ4n) is 2.87. The molecule has 2 N–H and O–H groups in total. The zero-order valence-corrected chi connectivity index (χ0v) is 14.9. The van der Waals surface area contributed by atoms with Crippen LogP contribution >= 0.6 is 11.6 Å². The van der Waals surface area contributed by atoms with Crippen molar-refractivity contribution in [2.75, 3.05) is 25.5 Å². The molecule has 7 heteroatoms. The van der Waals surface area contributed by atoms with E-state index in [0.717, 1.165) is 5.56 Å². The predicted molar refractivity (Wildman–Crippen MR) is 92.8 cm³/mol. The van der Waals surface area contributed by atoms with Crippen molar-refractivity contribution in [3.8, 4) is 5.75 Å². The number of benzene rings is 1. The topological polar surface area (TPSA) is 78.9 Å². The van der Waals surface area contributed by atoms with E-state index in [0.29, 0.717) is 42.4 Å². The molecule has 0 spiro atoms. The second-order valence-corrected chi connectivity index (χ2v) is 6.52. The Morgan fingerprint density at radius 2 is 2.00 bits per heavy atom. The van der Waals surface area contributed by atoms with E-state index in [-0.39, 0.29) is 17.9 Å². The van der Waals surface area contributed by atoms with E-state index >= 15 is 0 Å². The number of nitrogens with one attached hydrogen (secondary N) is 1. The van der Waals surface area contributed by atoms with Gasteiger partial charge < -0.3 is 15.2 Å². The van der Waals surface area contributed by atoms with Gasteiger partial charge in [-0.05, 0) is 51.4 Å². The Balaban J connectivity index is 2.02. The van der Waals surface area contributed by atoms with Gasteiger partial charge in [-0.15, -0.1) is 0 Å². The average molecular weight is 355 g/mol. The minimum Gasteiger partial charge on any atom is -0.495 e. The van der Waals surface area contributed by atoms with Crippen LogP contribution in [0.1, 0.15) is 25.3 Å². The average Bonchev–Trinajstić information content (AvgIpc) is 2.57. The lowest BCUT2D eigenvalue weighted by molar-refractivity contribution is -0.143. The van der Waals surface area contributed by atoms with Gasteiger partial charge >= 0.3 is 5.97 Å². The van der Waals surface area contributed by atoms with Crippen LogP contribution in [0, 0.1) is 12.8 Å². The number of carbonyl (C=O) groups is 2. The third-order valence-corrected chi connectivity index (χ3v) is 4.95. The van der Waals surface area contributed by atoms with E-state index in [1.54, 1.807) is 12.1 Å². The zero-order chi connectivity index (χ0) is 17.9. The summed E-state index contributed by atoms with van der Waals surface area (Å²) >= 11 is 6.08. The number of aliphatic carboxylic acids is 1. The Hall–Kier alpha value is -1.79. The van der Waals surface area contributed by atoms with Crippen LogP contribution in [0.2, 0.25) is 5.02 Å². The zero-order valence-electron chi connectivity index (χ0n) is 14.1. The molecule has 0 aromatic heterocycles. The van der Waals surface area contributed by atoms with Gasteiger partial charge in [0.05, 0.1) is 24.8 Å². The summed E-state index contributed by atoms with van der Waals surface area (Å²) in [4.78, 5) is 25.6. The smallest absolute Gasteiger partial charge is 0.306 e. The Morgan fingerprint density at radius 1 is 1.38 bits per heavy atom. The molecule has 132 valence electrons. The second kappa shape index (κ2) is 7.85. The number of amides is 1. The lowest BCUT2D eigenvalue weighted by Gasteiger charge is -2.33. The molecule has 0 aliphatic carbocycles. The SMILES string of the molecule is COc1cc(Cl)c(C)cc1NC(=O)C(C)N1CCC(C(=O)O)CC1. The van der Waals surface area contributed by atoms with Crippen molar-refractivity contribution in [2.24, 2.45) is 5.92 Å². The van der Waals surface area contributed by atoms with Crippen molar-refractivity contribution >= 4 is 29.2 Å².